The molecular formula is C17H25FN2O. The number of nitrogens with one attached hydrogen (secondary N) is 2. The number of hydrogen-bond acceptors (Lipinski definition) is 3. The average molecular weight is 292 g/mol. The van der Waals surface area contributed by atoms with E-state index in [1.807, 2.05) is 19.1 Å². The van der Waals surface area contributed by atoms with Gasteiger partial charge in [0.05, 0.1) is 13.2 Å². The lowest BCUT2D eigenvalue weighted by Crippen LogP contribution is -2.50. The van der Waals surface area contributed by atoms with Crippen molar-refractivity contribution in [2.24, 2.45) is 5.92 Å². The van der Waals surface area contributed by atoms with Crippen molar-refractivity contribution in [1.82, 2.24) is 10.6 Å². The largest absolute Gasteiger partial charge is 0.379 e. The molecule has 0 amide bonds. The van der Waals surface area contributed by atoms with E-state index >= 15 is 0 Å². The van der Waals surface area contributed by atoms with Crippen LogP contribution in [-0.4, -0.2) is 31.8 Å². The first-order chi connectivity index (χ1) is 10.2. The molecule has 1 heterocycles. The molecule has 4 heteroatoms. The zero-order chi connectivity index (χ0) is 14.7. The van der Waals surface area contributed by atoms with Crippen LogP contribution in [0, 0.1) is 18.7 Å². The molecular weight excluding hydrogens is 267 g/mol. The molecule has 21 heavy (non-hydrogen) atoms. The summed E-state index contributed by atoms with van der Waals surface area (Å²) in [6.07, 6.45) is 3.77. The maximum atomic E-state index is 13.3. The molecule has 0 spiro atoms. The first-order valence-electron chi connectivity index (χ1n) is 8.03. The molecule has 0 radical (unpaired) electrons. The van der Waals surface area contributed by atoms with Gasteiger partial charge in [0.25, 0.3) is 0 Å². The van der Waals surface area contributed by atoms with Crippen LogP contribution in [0.5, 0.6) is 0 Å². The quantitative estimate of drug-likeness (QED) is 0.894. The predicted molar refractivity (Wildman–Crippen MR) is 81.7 cm³/mol. The predicted octanol–water partition coefficient (Wildman–Crippen LogP) is 2.38. The lowest BCUT2D eigenvalue weighted by molar-refractivity contribution is 0.0524. The Hall–Kier alpha value is -0.970. The van der Waals surface area contributed by atoms with Gasteiger partial charge in [0.1, 0.15) is 5.82 Å². The molecule has 116 valence electrons. The summed E-state index contributed by atoms with van der Waals surface area (Å²) in [5.74, 6) is 0.521. The Morgan fingerprint density at radius 2 is 2.29 bits per heavy atom. The van der Waals surface area contributed by atoms with Gasteiger partial charge in [-0.3, -0.25) is 0 Å². The van der Waals surface area contributed by atoms with Crippen molar-refractivity contribution in [2.75, 3.05) is 19.8 Å². The van der Waals surface area contributed by atoms with Gasteiger partial charge in [0.15, 0.2) is 0 Å². The van der Waals surface area contributed by atoms with E-state index in [1.165, 1.54) is 19.3 Å². The smallest absolute Gasteiger partial charge is 0.126 e. The summed E-state index contributed by atoms with van der Waals surface area (Å²) in [6.45, 7) is 5.26. The number of ether oxygens (including phenoxy) is 1. The van der Waals surface area contributed by atoms with Crippen molar-refractivity contribution in [3.05, 3.63) is 35.1 Å². The summed E-state index contributed by atoms with van der Waals surface area (Å²) in [6, 6.07) is 6.40. The fraction of sp³-hybridized carbons (Fsp3) is 0.647. The van der Waals surface area contributed by atoms with E-state index in [-0.39, 0.29) is 5.82 Å². The van der Waals surface area contributed by atoms with Gasteiger partial charge in [-0.15, -0.1) is 0 Å². The SMILES string of the molecule is Cc1cc(CNC2CCCC2C2COCCN2)ccc1F. The Labute approximate surface area is 126 Å². The van der Waals surface area contributed by atoms with Crippen molar-refractivity contribution in [3.63, 3.8) is 0 Å². The van der Waals surface area contributed by atoms with Crippen molar-refractivity contribution in [3.8, 4) is 0 Å². The van der Waals surface area contributed by atoms with Crippen molar-refractivity contribution >= 4 is 0 Å². The minimum Gasteiger partial charge on any atom is -0.379 e. The molecule has 1 aliphatic heterocycles. The van der Waals surface area contributed by atoms with Crippen LogP contribution >= 0.6 is 0 Å². The summed E-state index contributed by atoms with van der Waals surface area (Å²) in [5, 5.41) is 7.27. The standard InChI is InChI=1S/C17H25FN2O/c1-12-9-13(5-6-15(12)18)10-20-16-4-2-3-14(16)17-11-21-8-7-19-17/h5-6,9,14,16-17,19-20H,2-4,7-8,10-11H2,1H3. The van der Waals surface area contributed by atoms with Crippen molar-refractivity contribution in [1.29, 1.82) is 0 Å². The molecule has 3 rings (SSSR count). The van der Waals surface area contributed by atoms with E-state index in [0.717, 1.165) is 37.4 Å². The molecule has 1 saturated heterocycles. The molecule has 3 atom stereocenters. The number of rotatable bonds is 4. The van der Waals surface area contributed by atoms with Crippen LogP contribution in [0.3, 0.4) is 0 Å². The number of aryl methyl sites for hydroxylation is 1. The van der Waals surface area contributed by atoms with E-state index in [1.54, 1.807) is 6.07 Å². The van der Waals surface area contributed by atoms with Crippen LogP contribution in [0.15, 0.2) is 18.2 Å². The summed E-state index contributed by atoms with van der Waals surface area (Å²) >= 11 is 0. The van der Waals surface area contributed by atoms with E-state index in [9.17, 15) is 4.39 Å². The summed E-state index contributed by atoms with van der Waals surface area (Å²) in [5.41, 5.74) is 1.88. The molecule has 1 aromatic rings. The maximum absolute atomic E-state index is 13.3. The van der Waals surface area contributed by atoms with Gasteiger partial charge in [0.2, 0.25) is 0 Å². The third-order valence-corrected chi connectivity index (χ3v) is 4.83. The van der Waals surface area contributed by atoms with Crippen LogP contribution in [0.25, 0.3) is 0 Å². The molecule has 2 N–H and O–H groups in total. The lowest BCUT2D eigenvalue weighted by Gasteiger charge is -2.33. The number of benzene rings is 1. The third kappa shape index (κ3) is 3.62. The maximum Gasteiger partial charge on any atom is 0.126 e. The molecule has 0 bridgehead atoms. The normalized spacial score (nSPS) is 29.7. The zero-order valence-corrected chi connectivity index (χ0v) is 12.7. The average Bonchev–Trinajstić information content (AvgIpc) is 2.98. The van der Waals surface area contributed by atoms with Crippen LogP contribution in [-0.2, 0) is 11.3 Å². The van der Waals surface area contributed by atoms with Crippen LogP contribution < -0.4 is 10.6 Å². The van der Waals surface area contributed by atoms with Gasteiger partial charge in [-0.2, -0.15) is 0 Å². The molecule has 1 saturated carbocycles. The van der Waals surface area contributed by atoms with Gasteiger partial charge in [-0.05, 0) is 42.9 Å². The molecule has 3 unspecified atom stereocenters. The van der Waals surface area contributed by atoms with Crippen LogP contribution in [0.1, 0.15) is 30.4 Å². The zero-order valence-electron chi connectivity index (χ0n) is 12.7. The fourth-order valence-corrected chi connectivity index (χ4v) is 3.65. The van der Waals surface area contributed by atoms with E-state index in [0.29, 0.717) is 18.0 Å². The number of hydrogen-bond donors (Lipinski definition) is 2. The van der Waals surface area contributed by atoms with Crippen LogP contribution in [0.2, 0.25) is 0 Å². The van der Waals surface area contributed by atoms with Gasteiger partial charge >= 0.3 is 0 Å². The number of halogens is 1. The topological polar surface area (TPSA) is 33.3 Å². The van der Waals surface area contributed by atoms with E-state index in [4.69, 9.17) is 4.74 Å². The first-order valence-corrected chi connectivity index (χ1v) is 8.03. The Bertz CT molecular complexity index is 474. The highest BCUT2D eigenvalue weighted by atomic mass is 19.1. The van der Waals surface area contributed by atoms with Gasteiger partial charge in [0, 0.05) is 25.2 Å². The second kappa shape index (κ2) is 6.86. The Kier molecular flexibility index (Phi) is 4.88. The Morgan fingerprint density at radius 1 is 1.38 bits per heavy atom. The fourth-order valence-electron chi connectivity index (χ4n) is 3.65. The van der Waals surface area contributed by atoms with Gasteiger partial charge in [-0.1, -0.05) is 18.6 Å². The highest BCUT2D eigenvalue weighted by Crippen LogP contribution is 2.29. The van der Waals surface area contributed by atoms with E-state index in [2.05, 4.69) is 10.6 Å². The second-order valence-electron chi connectivity index (χ2n) is 6.30. The highest BCUT2D eigenvalue weighted by molar-refractivity contribution is 5.23. The first kappa shape index (κ1) is 14.9. The Balaban J connectivity index is 1.57. The third-order valence-electron chi connectivity index (χ3n) is 4.83. The van der Waals surface area contributed by atoms with Crippen molar-refractivity contribution < 1.29 is 9.13 Å². The monoisotopic (exact) mass is 292 g/mol. The molecule has 3 nitrogen and oxygen atoms in total. The Morgan fingerprint density at radius 3 is 3.05 bits per heavy atom. The number of morpholine rings is 1. The van der Waals surface area contributed by atoms with Crippen molar-refractivity contribution in [2.45, 2.75) is 44.8 Å². The van der Waals surface area contributed by atoms with Crippen LogP contribution in [0.4, 0.5) is 4.39 Å². The van der Waals surface area contributed by atoms with Gasteiger partial charge in [-0.25, -0.2) is 4.39 Å². The minimum atomic E-state index is -0.124. The molecule has 1 aliphatic carbocycles. The molecule has 0 aromatic heterocycles. The molecule has 1 aromatic carbocycles. The summed E-state index contributed by atoms with van der Waals surface area (Å²) in [7, 11) is 0. The van der Waals surface area contributed by atoms with Gasteiger partial charge < -0.3 is 15.4 Å². The lowest BCUT2D eigenvalue weighted by atomic mass is 9.94. The van der Waals surface area contributed by atoms with E-state index < -0.39 is 0 Å². The second-order valence-corrected chi connectivity index (χ2v) is 6.30. The highest BCUT2D eigenvalue weighted by Gasteiger charge is 2.34. The molecule has 2 aliphatic rings. The molecule has 2 fully saturated rings. The summed E-state index contributed by atoms with van der Waals surface area (Å²) in [4.78, 5) is 0. The summed E-state index contributed by atoms with van der Waals surface area (Å²) < 4.78 is 18.9. The minimum absolute atomic E-state index is 0.124.